The summed E-state index contributed by atoms with van der Waals surface area (Å²) < 4.78 is 35.7. The van der Waals surface area contributed by atoms with Gasteiger partial charge in [0, 0.05) is 46.7 Å². The van der Waals surface area contributed by atoms with Gasteiger partial charge in [0.2, 0.25) is 11.9 Å². The fourth-order valence-electron chi connectivity index (χ4n) is 3.67. The maximum absolute atomic E-state index is 5.97. The van der Waals surface area contributed by atoms with Gasteiger partial charge in [0.05, 0.1) is 0 Å². The molecule has 0 radical (unpaired) electrons. The van der Waals surface area contributed by atoms with Crippen LogP contribution in [-0.2, 0) is 28.4 Å². The van der Waals surface area contributed by atoms with Gasteiger partial charge in [0.15, 0.2) is 6.29 Å². The Morgan fingerprint density at radius 2 is 0.900 bits per heavy atom. The van der Waals surface area contributed by atoms with Crippen LogP contribution in [-0.4, -0.2) is 125 Å². The van der Waals surface area contributed by atoms with Crippen LogP contribution in [0.3, 0.4) is 0 Å². The molecule has 0 N–H and O–H groups in total. The van der Waals surface area contributed by atoms with E-state index in [2.05, 4.69) is 46.4 Å². The van der Waals surface area contributed by atoms with Crippen molar-refractivity contribution in [3.05, 3.63) is 0 Å². The molecule has 0 fully saturated rings. The SMILES string of the molecule is CCCOCN(COCCC)C1=NC(N(COCCC)COCCC)N(C)C(N(COCCC)COCCC)=N1. The van der Waals surface area contributed by atoms with Crippen molar-refractivity contribution in [3.8, 4) is 0 Å². The Hall–Kier alpha value is -1.54. The van der Waals surface area contributed by atoms with E-state index in [0.29, 0.717) is 91.9 Å². The highest BCUT2D eigenvalue weighted by Crippen LogP contribution is 2.18. The van der Waals surface area contributed by atoms with Crippen molar-refractivity contribution in [2.45, 2.75) is 86.4 Å². The Morgan fingerprint density at radius 3 is 1.27 bits per heavy atom. The molecule has 1 aliphatic rings. The smallest absolute Gasteiger partial charge is 0.230 e. The minimum absolute atomic E-state index is 0.320. The third-order valence-electron chi connectivity index (χ3n) is 5.58. The topological polar surface area (TPSA) is 93.1 Å². The second-order valence-electron chi connectivity index (χ2n) is 9.69. The minimum atomic E-state index is -0.434. The quantitative estimate of drug-likeness (QED) is 0.117. The van der Waals surface area contributed by atoms with E-state index >= 15 is 0 Å². The van der Waals surface area contributed by atoms with Gasteiger partial charge in [-0.05, 0) is 38.5 Å². The van der Waals surface area contributed by atoms with Gasteiger partial charge in [0.25, 0.3) is 0 Å². The van der Waals surface area contributed by atoms with Crippen LogP contribution in [0.1, 0.15) is 80.1 Å². The Labute approximate surface area is 243 Å². The third kappa shape index (κ3) is 14.4. The summed E-state index contributed by atoms with van der Waals surface area (Å²) in [5, 5.41) is 0. The van der Waals surface area contributed by atoms with Gasteiger partial charge in [-0.2, -0.15) is 4.99 Å². The lowest BCUT2D eigenvalue weighted by molar-refractivity contribution is -0.0914. The molecule has 12 nitrogen and oxygen atoms in total. The van der Waals surface area contributed by atoms with E-state index in [1.807, 2.05) is 21.7 Å². The van der Waals surface area contributed by atoms with E-state index in [-0.39, 0.29) is 0 Å². The predicted octanol–water partition coefficient (Wildman–Crippen LogP) is 4.14. The largest absolute Gasteiger partial charge is 0.366 e. The molecule has 0 aromatic rings. The molecule has 0 aromatic carbocycles. The number of hydrogen-bond acceptors (Lipinski definition) is 12. The van der Waals surface area contributed by atoms with Crippen molar-refractivity contribution in [1.82, 2.24) is 19.6 Å². The summed E-state index contributed by atoms with van der Waals surface area (Å²) >= 11 is 0. The fourth-order valence-corrected chi connectivity index (χ4v) is 3.67. The molecule has 0 aromatic heterocycles. The van der Waals surface area contributed by atoms with Gasteiger partial charge in [-0.3, -0.25) is 9.80 Å². The number of rotatable bonds is 25. The highest BCUT2D eigenvalue weighted by molar-refractivity contribution is 5.96. The maximum atomic E-state index is 5.97. The highest BCUT2D eigenvalue weighted by Gasteiger charge is 2.34. The Kier molecular flexibility index (Phi) is 22.0. The van der Waals surface area contributed by atoms with E-state index in [1.165, 1.54) is 0 Å². The van der Waals surface area contributed by atoms with Crippen LogP contribution in [0.4, 0.5) is 0 Å². The second-order valence-corrected chi connectivity index (χ2v) is 9.69. The van der Waals surface area contributed by atoms with E-state index in [1.54, 1.807) is 0 Å². The molecular weight excluding hydrogens is 516 g/mol. The van der Waals surface area contributed by atoms with Crippen LogP contribution < -0.4 is 0 Å². The number of nitrogens with zero attached hydrogens (tertiary/aromatic N) is 6. The summed E-state index contributed by atoms with van der Waals surface area (Å²) in [6.45, 7) is 18.5. The first-order chi connectivity index (χ1) is 19.6. The molecule has 0 spiro atoms. The standard InChI is InChI=1S/C28H58N6O6/c1-8-14-35-20-32(21-36-15-9-2)26-29-27(33(22-37-16-10-3)23-38-17-11-4)31(7)28(30-26)34(24-39-18-12-5)25-40-19-13-6/h27H,8-25H2,1-7H3. The Bertz CT molecular complexity index is 641. The summed E-state index contributed by atoms with van der Waals surface area (Å²) in [5.41, 5.74) is 0. The molecule has 1 heterocycles. The van der Waals surface area contributed by atoms with E-state index in [4.69, 9.17) is 38.4 Å². The monoisotopic (exact) mass is 574 g/mol. The molecule has 1 rings (SSSR count). The van der Waals surface area contributed by atoms with E-state index < -0.39 is 6.29 Å². The van der Waals surface area contributed by atoms with Crippen LogP contribution in [0.15, 0.2) is 9.98 Å². The molecule has 12 heteroatoms. The molecule has 1 aliphatic heterocycles. The second kappa shape index (κ2) is 24.1. The third-order valence-corrected chi connectivity index (χ3v) is 5.58. The molecular formula is C28H58N6O6. The maximum Gasteiger partial charge on any atom is 0.230 e. The molecule has 1 unspecified atom stereocenters. The molecule has 0 amide bonds. The minimum Gasteiger partial charge on any atom is -0.366 e. The zero-order chi connectivity index (χ0) is 29.4. The number of ether oxygens (including phenoxy) is 6. The van der Waals surface area contributed by atoms with Crippen LogP contribution in [0.2, 0.25) is 0 Å². The van der Waals surface area contributed by atoms with Crippen LogP contribution in [0.5, 0.6) is 0 Å². The summed E-state index contributed by atoms with van der Waals surface area (Å²) in [7, 11) is 1.98. The number of aliphatic imine (C=N–C) groups is 2. The van der Waals surface area contributed by atoms with Gasteiger partial charge in [-0.25, -0.2) is 9.89 Å². The number of guanidine groups is 2. The summed E-state index contributed by atoms with van der Waals surface area (Å²) in [4.78, 5) is 18.1. The summed E-state index contributed by atoms with van der Waals surface area (Å²) in [5.74, 6) is 1.21. The van der Waals surface area contributed by atoms with Crippen LogP contribution >= 0.6 is 0 Å². The van der Waals surface area contributed by atoms with E-state index in [9.17, 15) is 0 Å². The lowest BCUT2D eigenvalue weighted by Crippen LogP contribution is -2.58. The summed E-state index contributed by atoms with van der Waals surface area (Å²) in [6.07, 6.45) is 5.12. The van der Waals surface area contributed by atoms with Crippen molar-refractivity contribution < 1.29 is 28.4 Å². The molecule has 0 saturated carbocycles. The fraction of sp³-hybridized carbons (Fsp3) is 0.929. The molecule has 236 valence electrons. The van der Waals surface area contributed by atoms with Gasteiger partial charge < -0.3 is 33.3 Å². The van der Waals surface area contributed by atoms with Gasteiger partial charge >= 0.3 is 0 Å². The Morgan fingerprint density at radius 1 is 0.550 bits per heavy atom. The lowest BCUT2D eigenvalue weighted by atomic mass is 10.5. The first kappa shape index (κ1) is 36.5. The zero-order valence-electron chi connectivity index (χ0n) is 26.4. The van der Waals surface area contributed by atoms with Gasteiger partial charge in [-0.1, -0.05) is 41.5 Å². The lowest BCUT2D eigenvalue weighted by Gasteiger charge is -2.42. The first-order valence-electron chi connectivity index (χ1n) is 15.2. The van der Waals surface area contributed by atoms with E-state index in [0.717, 1.165) is 38.5 Å². The van der Waals surface area contributed by atoms with Crippen LogP contribution in [0, 0.1) is 0 Å². The molecule has 0 bridgehead atoms. The molecule has 1 atom stereocenters. The average Bonchev–Trinajstić information content (AvgIpc) is 2.96. The summed E-state index contributed by atoms with van der Waals surface area (Å²) in [6, 6.07) is 0. The highest BCUT2D eigenvalue weighted by atomic mass is 16.5. The van der Waals surface area contributed by atoms with Crippen LogP contribution in [0.25, 0.3) is 0 Å². The van der Waals surface area contributed by atoms with Crippen molar-refractivity contribution in [3.63, 3.8) is 0 Å². The van der Waals surface area contributed by atoms with Crippen molar-refractivity contribution in [1.29, 1.82) is 0 Å². The Balaban J connectivity index is 3.45. The molecule has 40 heavy (non-hydrogen) atoms. The predicted molar refractivity (Wildman–Crippen MR) is 159 cm³/mol. The number of hydrogen-bond donors (Lipinski definition) is 0. The zero-order valence-corrected chi connectivity index (χ0v) is 26.4. The van der Waals surface area contributed by atoms with Gasteiger partial charge in [-0.15, -0.1) is 0 Å². The molecule has 0 saturated heterocycles. The van der Waals surface area contributed by atoms with Crippen molar-refractivity contribution in [2.75, 3.05) is 87.1 Å². The average molecular weight is 575 g/mol. The van der Waals surface area contributed by atoms with Crippen molar-refractivity contribution in [2.24, 2.45) is 9.98 Å². The molecule has 0 aliphatic carbocycles. The first-order valence-corrected chi connectivity index (χ1v) is 15.2. The van der Waals surface area contributed by atoms with Crippen molar-refractivity contribution >= 4 is 11.9 Å². The normalized spacial score (nSPS) is 15.5. The van der Waals surface area contributed by atoms with Gasteiger partial charge in [0.1, 0.15) is 40.4 Å².